The van der Waals surface area contributed by atoms with Crippen LogP contribution >= 0.6 is 0 Å². The van der Waals surface area contributed by atoms with Crippen LogP contribution < -0.4 is 9.04 Å². The van der Waals surface area contributed by atoms with Gasteiger partial charge in [0.05, 0.1) is 24.6 Å². The summed E-state index contributed by atoms with van der Waals surface area (Å²) in [6.45, 7) is 3.29. The number of piperazine rings is 1. The second kappa shape index (κ2) is 9.70. The number of para-hydroxylation sites is 2. The summed E-state index contributed by atoms with van der Waals surface area (Å²) in [5.41, 5.74) is 1.09. The predicted molar refractivity (Wildman–Crippen MR) is 122 cm³/mol. The van der Waals surface area contributed by atoms with E-state index in [0.29, 0.717) is 49.8 Å². The highest BCUT2D eigenvalue weighted by Gasteiger charge is 2.39. The monoisotopic (exact) mass is 473 g/mol. The Hall–Kier alpha value is -3.27. The summed E-state index contributed by atoms with van der Waals surface area (Å²) in [6.07, 6.45) is -1.37. The first-order valence-electron chi connectivity index (χ1n) is 10.9. The molecule has 1 saturated heterocycles. The number of carbonyl (C=O) groups is 2. The minimum absolute atomic E-state index is 0.108. The number of ether oxygens (including phenoxy) is 2. The Kier molecular flexibility index (Phi) is 6.73. The summed E-state index contributed by atoms with van der Waals surface area (Å²) < 4.78 is 38.9. The predicted octanol–water partition coefficient (Wildman–Crippen LogP) is 2.08. The van der Waals surface area contributed by atoms with Crippen molar-refractivity contribution in [2.45, 2.75) is 18.8 Å². The van der Waals surface area contributed by atoms with Gasteiger partial charge in [-0.15, -0.1) is 0 Å². The molecule has 2 heterocycles. The van der Waals surface area contributed by atoms with Crippen LogP contribution in [0, 0.1) is 0 Å². The van der Waals surface area contributed by atoms with Crippen molar-refractivity contribution in [1.82, 2.24) is 9.80 Å². The van der Waals surface area contributed by atoms with E-state index in [0.717, 1.165) is 0 Å². The molecule has 0 bridgehead atoms. The SMILES string of the molecule is CCOC(=O)N1CCN(C(=O)[C@@H]2CN(S(=O)(=O)Cc3ccccc3)c3ccccc3O2)CC1. The molecule has 4 rings (SSSR count). The molecule has 2 aromatic rings. The van der Waals surface area contributed by atoms with Gasteiger partial charge in [-0.2, -0.15) is 0 Å². The van der Waals surface area contributed by atoms with E-state index >= 15 is 0 Å². The van der Waals surface area contributed by atoms with Crippen LogP contribution in [0.4, 0.5) is 10.5 Å². The molecule has 0 radical (unpaired) electrons. The number of fused-ring (bicyclic) bond motifs is 1. The van der Waals surface area contributed by atoms with Crippen molar-refractivity contribution < 1.29 is 27.5 Å². The minimum Gasteiger partial charge on any atom is -0.476 e. The average Bonchev–Trinajstić information content (AvgIpc) is 2.83. The van der Waals surface area contributed by atoms with Gasteiger partial charge in [-0.25, -0.2) is 13.2 Å². The summed E-state index contributed by atoms with van der Waals surface area (Å²) >= 11 is 0. The second-order valence-electron chi connectivity index (χ2n) is 7.86. The molecule has 0 spiro atoms. The van der Waals surface area contributed by atoms with Gasteiger partial charge in [-0.05, 0) is 24.6 Å². The Bertz CT molecular complexity index is 1100. The molecule has 0 aromatic heterocycles. The lowest BCUT2D eigenvalue weighted by Crippen LogP contribution is -2.57. The number of amides is 2. The zero-order chi connectivity index (χ0) is 23.4. The second-order valence-corrected chi connectivity index (χ2v) is 9.75. The largest absolute Gasteiger partial charge is 0.476 e. The van der Waals surface area contributed by atoms with Crippen molar-refractivity contribution in [2.24, 2.45) is 0 Å². The van der Waals surface area contributed by atoms with Crippen LogP contribution in [-0.2, 0) is 25.3 Å². The molecule has 2 aliphatic heterocycles. The maximum atomic E-state index is 13.3. The van der Waals surface area contributed by atoms with Crippen molar-refractivity contribution in [3.8, 4) is 5.75 Å². The van der Waals surface area contributed by atoms with Crippen LogP contribution in [0.3, 0.4) is 0 Å². The highest BCUT2D eigenvalue weighted by Crippen LogP contribution is 2.36. The first kappa shape index (κ1) is 22.9. The van der Waals surface area contributed by atoms with E-state index in [9.17, 15) is 18.0 Å². The maximum absolute atomic E-state index is 13.3. The fourth-order valence-corrected chi connectivity index (χ4v) is 5.57. The van der Waals surface area contributed by atoms with E-state index < -0.39 is 22.2 Å². The third-order valence-electron chi connectivity index (χ3n) is 5.66. The number of rotatable bonds is 5. The molecule has 9 nitrogen and oxygen atoms in total. The number of benzene rings is 2. The Morgan fingerprint density at radius 1 is 0.970 bits per heavy atom. The molecule has 2 amide bonds. The smallest absolute Gasteiger partial charge is 0.409 e. The fourth-order valence-electron chi connectivity index (χ4n) is 3.98. The zero-order valence-corrected chi connectivity index (χ0v) is 19.2. The summed E-state index contributed by atoms with van der Waals surface area (Å²) in [6, 6.07) is 15.8. The van der Waals surface area contributed by atoms with Crippen molar-refractivity contribution in [2.75, 3.05) is 43.6 Å². The van der Waals surface area contributed by atoms with Gasteiger partial charge in [0.2, 0.25) is 10.0 Å². The molecule has 1 fully saturated rings. The summed E-state index contributed by atoms with van der Waals surface area (Å²) in [5, 5.41) is 0. The van der Waals surface area contributed by atoms with E-state index in [2.05, 4.69) is 0 Å². The van der Waals surface area contributed by atoms with Crippen LogP contribution in [0.25, 0.3) is 0 Å². The summed E-state index contributed by atoms with van der Waals surface area (Å²) in [4.78, 5) is 28.3. The van der Waals surface area contributed by atoms with Crippen LogP contribution in [-0.4, -0.2) is 75.7 Å². The van der Waals surface area contributed by atoms with Crippen LogP contribution in [0.15, 0.2) is 54.6 Å². The van der Waals surface area contributed by atoms with Crippen molar-refractivity contribution in [3.05, 3.63) is 60.2 Å². The topological polar surface area (TPSA) is 96.5 Å². The average molecular weight is 474 g/mol. The molecular formula is C23H27N3O6S. The van der Waals surface area contributed by atoms with E-state index in [4.69, 9.17) is 9.47 Å². The van der Waals surface area contributed by atoms with Crippen molar-refractivity contribution >= 4 is 27.7 Å². The highest BCUT2D eigenvalue weighted by molar-refractivity contribution is 7.92. The van der Waals surface area contributed by atoms with Crippen molar-refractivity contribution in [3.63, 3.8) is 0 Å². The summed E-state index contributed by atoms with van der Waals surface area (Å²) in [7, 11) is -3.76. The molecule has 10 heteroatoms. The lowest BCUT2D eigenvalue weighted by Gasteiger charge is -2.39. The van der Waals surface area contributed by atoms with Gasteiger partial charge in [-0.1, -0.05) is 42.5 Å². The third kappa shape index (κ3) is 5.05. The molecule has 1 atom stereocenters. The Balaban J connectivity index is 1.51. The molecule has 0 unspecified atom stereocenters. The van der Waals surface area contributed by atoms with Gasteiger partial charge in [0.25, 0.3) is 5.91 Å². The van der Waals surface area contributed by atoms with Gasteiger partial charge < -0.3 is 19.3 Å². The molecule has 2 aromatic carbocycles. The molecule has 176 valence electrons. The number of nitrogens with zero attached hydrogens (tertiary/aromatic N) is 3. The third-order valence-corrected chi connectivity index (χ3v) is 7.37. The van der Waals surface area contributed by atoms with E-state index in [1.165, 1.54) is 4.31 Å². The Morgan fingerprint density at radius 3 is 2.30 bits per heavy atom. The van der Waals surface area contributed by atoms with Gasteiger partial charge >= 0.3 is 6.09 Å². The van der Waals surface area contributed by atoms with Crippen LogP contribution in [0.2, 0.25) is 0 Å². The van der Waals surface area contributed by atoms with Gasteiger partial charge in [0, 0.05) is 26.2 Å². The molecule has 0 saturated carbocycles. The quantitative estimate of drug-likeness (QED) is 0.660. The summed E-state index contributed by atoms with van der Waals surface area (Å²) in [5.74, 6) is -0.127. The van der Waals surface area contributed by atoms with E-state index in [-0.39, 0.29) is 18.2 Å². The molecule has 0 N–H and O–H groups in total. The highest BCUT2D eigenvalue weighted by atomic mass is 32.2. The molecule has 2 aliphatic rings. The Morgan fingerprint density at radius 2 is 1.61 bits per heavy atom. The van der Waals surface area contributed by atoms with E-state index in [1.807, 2.05) is 6.07 Å². The molecule has 0 aliphatic carbocycles. The van der Waals surface area contributed by atoms with Gasteiger partial charge in [0.1, 0.15) is 5.75 Å². The number of hydrogen-bond acceptors (Lipinski definition) is 6. The lowest BCUT2D eigenvalue weighted by molar-refractivity contribution is -0.140. The van der Waals surface area contributed by atoms with Crippen LogP contribution in [0.1, 0.15) is 12.5 Å². The molecular weight excluding hydrogens is 446 g/mol. The van der Waals surface area contributed by atoms with E-state index in [1.54, 1.807) is 65.3 Å². The first-order valence-corrected chi connectivity index (χ1v) is 12.5. The van der Waals surface area contributed by atoms with Gasteiger partial charge in [0.15, 0.2) is 6.10 Å². The van der Waals surface area contributed by atoms with Gasteiger partial charge in [-0.3, -0.25) is 9.10 Å². The lowest BCUT2D eigenvalue weighted by atomic mass is 10.2. The minimum atomic E-state index is -3.76. The normalized spacial score (nSPS) is 18.3. The number of hydrogen-bond donors (Lipinski definition) is 0. The maximum Gasteiger partial charge on any atom is 0.409 e. The zero-order valence-electron chi connectivity index (χ0n) is 18.4. The fraction of sp³-hybridized carbons (Fsp3) is 0.391. The number of carbonyl (C=O) groups excluding carboxylic acids is 2. The number of sulfonamides is 1. The standard InChI is InChI=1S/C23H27N3O6S/c1-2-31-23(28)25-14-12-24(13-15-25)22(27)21-16-26(19-10-6-7-11-20(19)32-21)33(29,30)17-18-8-4-3-5-9-18/h3-11,21H,2,12-17H2,1H3/t21-/m0/s1. The van der Waals surface area contributed by atoms with Crippen LogP contribution in [0.5, 0.6) is 5.75 Å². The number of anilines is 1. The van der Waals surface area contributed by atoms with Crippen molar-refractivity contribution in [1.29, 1.82) is 0 Å². The first-order chi connectivity index (χ1) is 15.9. The Labute approximate surface area is 193 Å². The molecule has 33 heavy (non-hydrogen) atoms.